The average molecular weight is 347 g/mol. The Hall–Kier alpha value is -1.98. The molecular formula is C17H15ClN2O2S. The Labute approximate surface area is 143 Å². The first-order chi connectivity index (χ1) is 11.0. The monoisotopic (exact) mass is 346 g/mol. The summed E-state index contributed by atoms with van der Waals surface area (Å²) >= 11 is 7.43. The summed E-state index contributed by atoms with van der Waals surface area (Å²) in [6.45, 7) is 1.80. The molecule has 118 valence electrons. The molecule has 0 saturated carbocycles. The summed E-state index contributed by atoms with van der Waals surface area (Å²) in [6, 6.07) is 12.5. The molecule has 1 atom stereocenters. The predicted octanol–water partition coefficient (Wildman–Crippen LogP) is 3.65. The van der Waals surface area contributed by atoms with Crippen molar-refractivity contribution >= 4 is 46.6 Å². The number of rotatable bonds is 3. The van der Waals surface area contributed by atoms with Crippen molar-refractivity contribution in [1.82, 2.24) is 0 Å². The van der Waals surface area contributed by atoms with Gasteiger partial charge in [0.1, 0.15) is 0 Å². The highest BCUT2D eigenvalue weighted by Crippen LogP contribution is 2.37. The fourth-order valence-corrected chi connectivity index (χ4v) is 3.80. The molecule has 2 amide bonds. The summed E-state index contributed by atoms with van der Waals surface area (Å²) in [4.78, 5) is 27.1. The summed E-state index contributed by atoms with van der Waals surface area (Å²) in [7, 11) is 0. The first-order valence-corrected chi connectivity index (χ1v) is 8.38. The summed E-state index contributed by atoms with van der Waals surface area (Å²) < 4.78 is 0. The second-order valence-electron chi connectivity index (χ2n) is 5.30. The van der Waals surface area contributed by atoms with E-state index >= 15 is 0 Å². The lowest BCUT2D eigenvalue weighted by Crippen LogP contribution is -2.31. The molecule has 2 aromatic carbocycles. The number of amides is 2. The highest BCUT2D eigenvalue weighted by molar-refractivity contribution is 8.00. The molecule has 0 bridgehead atoms. The number of carbonyl (C=O) groups excluding carboxylic acids is 2. The molecule has 0 unspecified atom stereocenters. The molecular weight excluding hydrogens is 332 g/mol. The van der Waals surface area contributed by atoms with E-state index in [1.807, 2.05) is 18.2 Å². The van der Waals surface area contributed by atoms with Crippen LogP contribution in [0.4, 0.5) is 11.4 Å². The number of benzene rings is 2. The SMILES string of the molecule is Cc1c(Cl)cccc1N1C(=O)C[C@H](Sc2ccccc2N)C1=O. The normalized spacial score (nSPS) is 17.8. The third-order valence-electron chi connectivity index (χ3n) is 3.77. The van der Waals surface area contributed by atoms with Crippen LogP contribution in [0, 0.1) is 6.92 Å². The number of thioether (sulfide) groups is 1. The molecule has 1 heterocycles. The van der Waals surface area contributed by atoms with Crippen LogP contribution in [-0.2, 0) is 9.59 Å². The van der Waals surface area contributed by atoms with Crippen LogP contribution < -0.4 is 10.6 Å². The van der Waals surface area contributed by atoms with Gasteiger partial charge >= 0.3 is 0 Å². The smallest absolute Gasteiger partial charge is 0.247 e. The van der Waals surface area contributed by atoms with Crippen molar-refractivity contribution in [3.8, 4) is 0 Å². The Morgan fingerprint density at radius 1 is 1.17 bits per heavy atom. The molecule has 0 radical (unpaired) electrons. The number of nitrogens with zero attached hydrogens (tertiary/aromatic N) is 1. The number of carbonyl (C=O) groups is 2. The van der Waals surface area contributed by atoms with Gasteiger partial charge in [0.15, 0.2) is 0 Å². The lowest BCUT2D eigenvalue weighted by Gasteiger charge is -2.18. The maximum Gasteiger partial charge on any atom is 0.247 e. The fraction of sp³-hybridized carbons (Fsp3) is 0.176. The van der Waals surface area contributed by atoms with Crippen molar-refractivity contribution in [2.45, 2.75) is 23.5 Å². The van der Waals surface area contributed by atoms with Gasteiger partial charge in [-0.1, -0.05) is 29.8 Å². The van der Waals surface area contributed by atoms with Gasteiger partial charge in [-0.3, -0.25) is 9.59 Å². The van der Waals surface area contributed by atoms with Crippen LogP contribution in [-0.4, -0.2) is 17.1 Å². The zero-order valence-electron chi connectivity index (χ0n) is 12.5. The molecule has 0 aromatic heterocycles. The number of anilines is 2. The van der Waals surface area contributed by atoms with E-state index < -0.39 is 5.25 Å². The minimum Gasteiger partial charge on any atom is -0.398 e. The molecule has 2 aromatic rings. The zero-order valence-corrected chi connectivity index (χ0v) is 14.0. The van der Waals surface area contributed by atoms with E-state index in [0.717, 1.165) is 10.5 Å². The molecule has 23 heavy (non-hydrogen) atoms. The van der Waals surface area contributed by atoms with E-state index in [-0.39, 0.29) is 18.2 Å². The number of hydrogen-bond donors (Lipinski definition) is 1. The van der Waals surface area contributed by atoms with Crippen molar-refractivity contribution < 1.29 is 9.59 Å². The molecule has 1 aliphatic rings. The number of hydrogen-bond acceptors (Lipinski definition) is 4. The van der Waals surface area contributed by atoms with Gasteiger partial charge < -0.3 is 5.73 Å². The first kappa shape index (κ1) is 15.9. The number of halogens is 1. The molecule has 4 nitrogen and oxygen atoms in total. The van der Waals surface area contributed by atoms with Gasteiger partial charge in [0.05, 0.1) is 10.9 Å². The highest BCUT2D eigenvalue weighted by atomic mass is 35.5. The summed E-state index contributed by atoms with van der Waals surface area (Å²) in [6.07, 6.45) is 0.157. The van der Waals surface area contributed by atoms with E-state index in [2.05, 4.69) is 0 Å². The number of nitrogens with two attached hydrogens (primary N) is 1. The topological polar surface area (TPSA) is 63.4 Å². The van der Waals surface area contributed by atoms with Crippen molar-refractivity contribution in [3.05, 3.63) is 53.1 Å². The van der Waals surface area contributed by atoms with E-state index in [0.29, 0.717) is 16.4 Å². The van der Waals surface area contributed by atoms with Crippen LogP contribution in [0.5, 0.6) is 0 Å². The molecule has 1 aliphatic heterocycles. The third-order valence-corrected chi connectivity index (χ3v) is 5.46. The predicted molar refractivity (Wildman–Crippen MR) is 93.8 cm³/mol. The van der Waals surface area contributed by atoms with Gasteiger partial charge in [-0.15, -0.1) is 11.8 Å². The highest BCUT2D eigenvalue weighted by Gasteiger charge is 2.41. The molecule has 1 saturated heterocycles. The van der Waals surface area contributed by atoms with Crippen LogP contribution in [0.15, 0.2) is 47.4 Å². The largest absolute Gasteiger partial charge is 0.398 e. The Morgan fingerprint density at radius 2 is 1.91 bits per heavy atom. The van der Waals surface area contributed by atoms with Crippen molar-refractivity contribution in [2.24, 2.45) is 0 Å². The molecule has 1 fully saturated rings. The van der Waals surface area contributed by atoms with Crippen LogP contribution in [0.25, 0.3) is 0 Å². The lowest BCUT2D eigenvalue weighted by molar-refractivity contribution is -0.121. The fourth-order valence-electron chi connectivity index (χ4n) is 2.53. The Kier molecular flexibility index (Phi) is 4.33. The van der Waals surface area contributed by atoms with Gasteiger partial charge in [-0.2, -0.15) is 0 Å². The van der Waals surface area contributed by atoms with Crippen LogP contribution in [0.3, 0.4) is 0 Å². The Bertz CT molecular complexity index is 794. The van der Waals surface area contributed by atoms with Gasteiger partial charge in [0.25, 0.3) is 0 Å². The zero-order chi connectivity index (χ0) is 16.6. The van der Waals surface area contributed by atoms with Crippen LogP contribution in [0.1, 0.15) is 12.0 Å². The molecule has 0 aliphatic carbocycles. The van der Waals surface area contributed by atoms with E-state index in [1.54, 1.807) is 31.2 Å². The second kappa shape index (κ2) is 6.26. The number of para-hydroxylation sites is 1. The maximum absolute atomic E-state index is 12.7. The molecule has 0 spiro atoms. The second-order valence-corrected chi connectivity index (χ2v) is 6.95. The van der Waals surface area contributed by atoms with Crippen molar-refractivity contribution in [3.63, 3.8) is 0 Å². The Morgan fingerprint density at radius 3 is 2.65 bits per heavy atom. The number of nitrogen functional groups attached to an aromatic ring is 1. The standard InChI is InChI=1S/C17H15ClN2O2S/c1-10-11(18)5-4-7-13(10)20-16(21)9-15(17(20)22)23-14-8-3-2-6-12(14)19/h2-8,15H,9,19H2,1H3/t15-/m0/s1. The molecule has 3 rings (SSSR count). The Balaban J connectivity index is 1.89. The summed E-state index contributed by atoms with van der Waals surface area (Å²) in [5.41, 5.74) is 7.80. The van der Waals surface area contributed by atoms with Crippen LogP contribution >= 0.6 is 23.4 Å². The summed E-state index contributed by atoms with van der Waals surface area (Å²) in [5, 5.41) is 0.0667. The van der Waals surface area contributed by atoms with Crippen molar-refractivity contribution in [2.75, 3.05) is 10.6 Å². The minimum absolute atomic E-state index is 0.157. The maximum atomic E-state index is 12.7. The van der Waals surface area contributed by atoms with E-state index in [9.17, 15) is 9.59 Å². The van der Waals surface area contributed by atoms with Crippen LogP contribution in [0.2, 0.25) is 5.02 Å². The number of imide groups is 1. The molecule has 6 heteroatoms. The van der Waals surface area contributed by atoms with E-state index in [4.69, 9.17) is 17.3 Å². The van der Waals surface area contributed by atoms with Crippen molar-refractivity contribution in [1.29, 1.82) is 0 Å². The van der Waals surface area contributed by atoms with Gasteiger partial charge in [-0.25, -0.2) is 4.90 Å². The van der Waals surface area contributed by atoms with Gasteiger partial charge in [-0.05, 0) is 36.8 Å². The first-order valence-electron chi connectivity index (χ1n) is 7.12. The van der Waals surface area contributed by atoms with Gasteiger partial charge in [0.2, 0.25) is 11.8 Å². The van der Waals surface area contributed by atoms with E-state index in [1.165, 1.54) is 16.7 Å². The third kappa shape index (κ3) is 2.94. The lowest BCUT2D eigenvalue weighted by atomic mass is 10.2. The minimum atomic E-state index is -0.467. The summed E-state index contributed by atoms with van der Waals surface area (Å²) in [5.74, 6) is -0.444. The average Bonchev–Trinajstić information content (AvgIpc) is 2.79. The quantitative estimate of drug-likeness (QED) is 0.680. The van der Waals surface area contributed by atoms with Gasteiger partial charge in [0, 0.05) is 22.0 Å². The molecule has 2 N–H and O–H groups in total.